The molecule has 1 aromatic carbocycles. The van der Waals surface area contributed by atoms with Gasteiger partial charge in [0.1, 0.15) is 73.2 Å². The van der Waals surface area contributed by atoms with Crippen molar-refractivity contribution in [1.29, 1.82) is 0 Å². The maximum atomic E-state index is 13.7. The molecule has 438 valence electrons. The SMILES string of the molecule is CC(=O)OC1C(OC(=O)c2ccccc2)C(C)(C)CC2C3=CCC4C5(C)CCC(OC6OC(C(=O)O)C(O)C(OC7OCC(O)C(O)C7O)C6OC6OC(CO)C(O)C(O)C6O)C(C)(C)C5CCC4(C)C3(C)CC(O)C21CO. The van der Waals surface area contributed by atoms with Crippen LogP contribution in [0.15, 0.2) is 42.0 Å². The van der Waals surface area contributed by atoms with Crippen LogP contribution in [-0.4, -0.2) is 204 Å². The molecule has 25 unspecified atom stereocenters. The molecule has 5 aliphatic carbocycles. The highest BCUT2D eigenvalue weighted by Gasteiger charge is 2.74. The van der Waals surface area contributed by atoms with Gasteiger partial charge in [-0.3, -0.25) is 4.79 Å². The molecule has 4 saturated carbocycles. The van der Waals surface area contributed by atoms with Crippen LogP contribution in [-0.2, 0) is 47.5 Å². The van der Waals surface area contributed by atoms with E-state index in [4.69, 9.17) is 37.9 Å². The first-order chi connectivity index (χ1) is 36.5. The zero-order chi connectivity index (χ0) is 57.0. The third-order valence-electron chi connectivity index (χ3n) is 20.8. The summed E-state index contributed by atoms with van der Waals surface area (Å²) in [5.41, 5.74) is -3.02. The largest absolute Gasteiger partial charge is 0.479 e. The maximum Gasteiger partial charge on any atom is 0.338 e. The summed E-state index contributed by atoms with van der Waals surface area (Å²) in [7, 11) is 0. The predicted molar refractivity (Wildman–Crippen MR) is 268 cm³/mol. The Labute approximate surface area is 453 Å². The van der Waals surface area contributed by atoms with Crippen LogP contribution in [0, 0.1) is 50.2 Å². The fourth-order valence-corrected chi connectivity index (χ4v) is 16.4. The average Bonchev–Trinajstić information content (AvgIpc) is 3.52. The number of aliphatic carboxylic acids is 1. The molecule has 1 aromatic rings. The van der Waals surface area contributed by atoms with Gasteiger partial charge in [0.05, 0.1) is 43.0 Å². The normalized spacial score (nSPS) is 48.6. The quantitative estimate of drug-likeness (QED) is 0.0779. The molecule has 0 bridgehead atoms. The Morgan fingerprint density at radius 2 is 1.36 bits per heavy atom. The summed E-state index contributed by atoms with van der Waals surface area (Å²) >= 11 is 0. The summed E-state index contributed by atoms with van der Waals surface area (Å²) in [4.78, 5) is 39.7. The van der Waals surface area contributed by atoms with Gasteiger partial charge in [-0.1, -0.05) is 78.3 Å². The minimum absolute atomic E-state index is 0.0281. The Balaban J connectivity index is 1.02. The third kappa shape index (κ3) is 9.48. The number of carboxylic acid groups (broad SMARTS) is 1. The van der Waals surface area contributed by atoms with E-state index in [-0.39, 0.29) is 23.7 Å². The van der Waals surface area contributed by atoms with Crippen molar-refractivity contribution >= 4 is 17.9 Å². The minimum atomic E-state index is -2.10. The minimum Gasteiger partial charge on any atom is -0.479 e. The molecule has 8 aliphatic rings. The van der Waals surface area contributed by atoms with Crippen molar-refractivity contribution in [2.45, 2.75) is 211 Å². The van der Waals surface area contributed by atoms with Crippen LogP contribution in [0.5, 0.6) is 0 Å². The monoisotopic (exact) mass is 1110 g/mol. The van der Waals surface area contributed by atoms with Crippen LogP contribution >= 0.6 is 0 Å². The molecular formula is C56H82O22. The van der Waals surface area contributed by atoms with Crippen molar-refractivity contribution < 1.29 is 108 Å². The van der Waals surface area contributed by atoms with E-state index in [1.807, 2.05) is 13.8 Å². The molecule has 22 nitrogen and oxygen atoms in total. The fourth-order valence-electron chi connectivity index (χ4n) is 16.4. The summed E-state index contributed by atoms with van der Waals surface area (Å²) in [5, 5.41) is 121. The van der Waals surface area contributed by atoms with Gasteiger partial charge in [-0.05, 0) is 96.5 Å². The maximum absolute atomic E-state index is 13.7. The Morgan fingerprint density at radius 1 is 0.692 bits per heavy atom. The van der Waals surface area contributed by atoms with Crippen molar-refractivity contribution in [3.8, 4) is 0 Å². The zero-order valence-corrected chi connectivity index (χ0v) is 45.6. The Morgan fingerprint density at radius 3 is 2.00 bits per heavy atom. The van der Waals surface area contributed by atoms with Gasteiger partial charge in [-0.2, -0.15) is 0 Å². The van der Waals surface area contributed by atoms with Crippen LogP contribution in [0.1, 0.15) is 111 Å². The molecule has 7 fully saturated rings. The third-order valence-corrected chi connectivity index (χ3v) is 20.8. The molecule has 3 saturated heterocycles. The second kappa shape index (κ2) is 21.5. The number of rotatable bonds is 12. The van der Waals surface area contributed by atoms with Gasteiger partial charge in [-0.15, -0.1) is 0 Å². The van der Waals surface area contributed by atoms with Crippen LogP contribution in [0.3, 0.4) is 0 Å². The van der Waals surface area contributed by atoms with E-state index in [1.54, 1.807) is 30.3 Å². The van der Waals surface area contributed by atoms with Gasteiger partial charge in [0.2, 0.25) is 0 Å². The van der Waals surface area contributed by atoms with Gasteiger partial charge in [-0.25, -0.2) is 9.59 Å². The first kappa shape index (κ1) is 59.4. The summed E-state index contributed by atoms with van der Waals surface area (Å²) in [6, 6.07) is 8.49. The van der Waals surface area contributed by atoms with Crippen molar-refractivity contribution in [2.24, 2.45) is 50.2 Å². The first-order valence-corrected chi connectivity index (χ1v) is 27.5. The first-order valence-electron chi connectivity index (χ1n) is 27.5. The number of aliphatic hydroxyl groups is 10. The lowest BCUT2D eigenvalue weighted by atomic mass is 9.33. The Hall–Kier alpha value is -3.27. The molecule has 0 radical (unpaired) electrons. The molecule has 9 rings (SSSR count). The lowest BCUT2D eigenvalue weighted by Gasteiger charge is -2.72. The van der Waals surface area contributed by atoms with Crippen molar-refractivity contribution in [3.05, 3.63) is 47.5 Å². The zero-order valence-electron chi connectivity index (χ0n) is 45.6. The van der Waals surface area contributed by atoms with E-state index in [9.17, 15) is 70.6 Å². The second-order valence-electron chi connectivity index (χ2n) is 25.6. The van der Waals surface area contributed by atoms with E-state index in [1.165, 1.54) is 6.92 Å². The number of carbonyl (C=O) groups is 3. The lowest BCUT2D eigenvalue weighted by molar-refractivity contribution is -0.392. The van der Waals surface area contributed by atoms with Crippen molar-refractivity contribution in [2.75, 3.05) is 19.8 Å². The van der Waals surface area contributed by atoms with Crippen molar-refractivity contribution in [1.82, 2.24) is 0 Å². The second-order valence-corrected chi connectivity index (χ2v) is 25.6. The number of carbonyl (C=O) groups excluding carboxylic acids is 2. The molecule has 22 heteroatoms. The lowest BCUT2D eigenvalue weighted by Crippen LogP contribution is -2.72. The van der Waals surface area contributed by atoms with Crippen LogP contribution in [0.25, 0.3) is 0 Å². The molecular weight excluding hydrogens is 1020 g/mol. The highest BCUT2D eigenvalue weighted by atomic mass is 16.8. The number of aliphatic hydroxyl groups excluding tert-OH is 10. The van der Waals surface area contributed by atoms with Gasteiger partial charge in [0, 0.05) is 12.3 Å². The van der Waals surface area contributed by atoms with Crippen molar-refractivity contribution in [3.63, 3.8) is 0 Å². The smallest absolute Gasteiger partial charge is 0.338 e. The Kier molecular flexibility index (Phi) is 16.3. The summed E-state index contributed by atoms with van der Waals surface area (Å²) in [6.45, 7) is 14.2. The molecule has 0 spiro atoms. The number of hydrogen-bond donors (Lipinski definition) is 11. The highest BCUT2D eigenvalue weighted by Crippen LogP contribution is 2.76. The number of allylic oxidation sites excluding steroid dienone is 2. The molecule has 11 N–H and O–H groups in total. The summed E-state index contributed by atoms with van der Waals surface area (Å²) < 4.78 is 48.9. The highest BCUT2D eigenvalue weighted by molar-refractivity contribution is 5.89. The van der Waals surface area contributed by atoms with Crippen LogP contribution < -0.4 is 0 Å². The van der Waals surface area contributed by atoms with Crippen LogP contribution in [0.2, 0.25) is 0 Å². The van der Waals surface area contributed by atoms with Gasteiger partial charge >= 0.3 is 17.9 Å². The number of benzene rings is 1. The van der Waals surface area contributed by atoms with Gasteiger partial charge in [0.25, 0.3) is 0 Å². The Bertz CT molecular complexity index is 2380. The average molecular weight is 1110 g/mol. The standard InChI is InChI=1S/C56H82O22/c1-25(59)72-45-44(78-47(70)26-12-10-9-11-13-26)51(2,3)20-28-27-14-15-32-53(6)18-17-34(52(4,5)31(53)16-19-54(32,7)55(27,8)21-33(61)56(28,45)24-58)74-50-43(77-49-39(66)37(64)36(63)30(22-57)73-49)41(40(67)42(76-50)46(68)69)75-48-38(65)35(62)29(60)23-71-48/h9-14,28-45,48-50,57-58,60-67H,15-24H2,1-8H3,(H,68,69). The van der Waals surface area contributed by atoms with E-state index in [2.05, 4.69) is 40.7 Å². The molecule has 3 aliphatic heterocycles. The summed E-state index contributed by atoms with van der Waals surface area (Å²) in [5.74, 6) is -3.40. The number of carboxylic acids is 1. The molecule has 25 atom stereocenters. The fraction of sp³-hybridized carbons (Fsp3) is 0.804. The van der Waals surface area contributed by atoms with E-state index >= 15 is 0 Å². The number of esters is 2. The molecule has 0 amide bonds. The van der Waals surface area contributed by atoms with E-state index < -0.39 is 181 Å². The van der Waals surface area contributed by atoms with E-state index in [0.717, 1.165) is 5.57 Å². The number of ether oxygens (including phenoxy) is 8. The van der Waals surface area contributed by atoms with Gasteiger partial charge < -0.3 is 94.1 Å². The number of hydrogen-bond acceptors (Lipinski definition) is 21. The predicted octanol–water partition coefficient (Wildman–Crippen LogP) is 0.693. The van der Waals surface area contributed by atoms with Crippen LogP contribution in [0.4, 0.5) is 0 Å². The number of fused-ring (bicyclic) bond motifs is 7. The van der Waals surface area contributed by atoms with Gasteiger partial charge in [0.15, 0.2) is 25.0 Å². The molecule has 3 heterocycles. The molecule has 0 aromatic heterocycles. The van der Waals surface area contributed by atoms with E-state index in [0.29, 0.717) is 44.1 Å². The summed E-state index contributed by atoms with van der Waals surface area (Å²) in [6.07, 6.45) is -23.8. The molecule has 78 heavy (non-hydrogen) atoms. The topological polar surface area (TPSA) is 348 Å².